The number of amides is 3. The Labute approximate surface area is 146 Å². The summed E-state index contributed by atoms with van der Waals surface area (Å²) in [5, 5.41) is 4.61. The molecule has 1 aromatic rings. The molecule has 2 heterocycles. The number of carbonyl (C=O) groups excluding carboxylic acids is 3. The summed E-state index contributed by atoms with van der Waals surface area (Å²) < 4.78 is 0. The summed E-state index contributed by atoms with van der Waals surface area (Å²) in [6.07, 6.45) is 0.299. The van der Waals surface area contributed by atoms with Crippen LogP contribution in [0.25, 0.3) is 0 Å². The van der Waals surface area contributed by atoms with E-state index in [-0.39, 0.29) is 17.7 Å². The van der Waals surface area contributed by atoms with E-state index in [0.29, 0.717) is 50.6 Å². The number of hydrogen-bond acceptors (Lipinski definition) is 5. The first kappa shape index (κ1) is 18.4. The lowest BCUT2D eigenvalue weighted by Crippen LogP contribution is -2.51. The molecule has 0 aliphatic carbocycles. The van der Waals surface area contributed by atoms with Crippen molar-refractivity contribution in [2.24, 2.45) is 0 Å². The van der Waals surface area contributed by atoms with Crippen molar-refractivity contribution < 1.29 is 14.4 Å². The monoisotopic (exact) mass is 352 g/mol. The van der Waals surface area contributed by atoms with Gasteiger partial charge in [-0.1, -0.05) is 6.07 Å². The Hall–Kier alpha value is -1.93. The zero-order chi connectivity index (χ0) is 17.5. The highest BCUT2D eigenvalue weighted by atomic mass is 32.1. The Morgan fingerprint density at radius 2 is 1.92 bits per heavy atom. The lowest BCUT2D eigenvalue weighted by atomic mass is 10.2. The Kier molecular flexibility index (Phi) is 6.74. The number of hydrogen-bond donors (Lipinski definition) is 1. The van der Waals surface area contributed by atoms with Gasteiger partial charge in [0.2, 0.25) is 11.8 Å². The minimum atomic E-state index is -0.134. The molecule has 1 saturated heterocycles. The zero-order valence-electron chi connectivity index (χ0n) is 14.2. The highest BCUT2D eigenvalue weighted by Gasteiger charge is 2.22. The third-order valence-electron chi connectivity index (χ3n) is 3.95. The average Bonchev–Trinajstić information content (AvgIpc) is 3.09. The molecule has 0 unspecified atom stereocenters. The third-order valence-corrected chi connectivity index (χ3v) is 4.82. The molecule has 0 saturated carbocycles. The van der Waals surface area contributed by atoms with Crippen LogP contribution in [0.4, 0.5) is 0 Å². The smallest absolute Gasteiger partial charge is 0.261 e. The van der Waals surface area contributed by atoms with E-state index in [1.54, 1.807) is 30.0 Å². The van der Waals surface area contributed by atoms with E-state index in [2.05, 4.69) is 10.2 Å². The molecule has 1 aliphatic heterocycles. The number of rotatable bonds is 6. The molecule has 7 nitrogen and oxygen atoms in total. The number of thiophene rings is 1. The zero-order valence-corrected chi connectivity index (χ0v) is 15.0. The summed E-state index contributed by atoms with van der Waals surface area (Å²) in [4.78, 5) is 41.8. The molecule has 1 N–H and O–H groups in total. The summed E-state index contributed by atoms with van der Waals surface area (Å²) in [6, 6.07) is 3.58. The largest absolute Gasteiger partial charge is 0.351 e. The maximum atomic E-state index is 12.2. The van der Waals surface area contributed by atoms with Gasteiger partial charge in [-0.15, -0.1) is 11.3 Å². The van der Waals surface area contributed by atoms with Crippen LogP contribution in [-0.2, 0) is 9.59 Å². The fraction of sp³-hybridized carbons (Fsp3) is 0.562. The van der Waals surface area contributed by atoms with Crippen LogP contribution in [-0.4, -0.2) is 85.8 Å². The van der Waals surface area contributed by atoms with Gasteiger partial charge in [0.1, 0.15) is 0 Å². The van der Waals surface area contributed by atoms with Crippen molar-refractivity contribution in [3.63, 3.8) is 0 Å². The van der Waals surface area contributed by atoms with Crippen LogP contribution in [0.15, 0.2) is 17.5 Å². The Morgan fingerprint density at radius 1 is 1.21 bits per heavy atom. The SMILES string of the molecule is CN(C)C(=O)CN1CCN(C(=O)CCNC(=O)c2cccs2)CC1. The normalized spacial score (nSPS) is 15.2. The van der Waals surface area contributed by atoms with Crippen LogP contribution >= 0.6 is 11.3 Å². The Morgan fingerprint density at radius 3 is 2.50 bits per heavy atom. The van der Waals surface area contributed by atoms with Crippen LogP contribution in [0.5, 0.6) is 0 Å². The predicted octanol–water partition coefficient (Wildman–Crippen LogP) is 0.100. The molecule has 0 aromatic carbocycles. The molecule has 1 aliphatic rings. The molecule has 0 atom stereocenters. The molecule has 0 spiro atoms. The second-order valence-corrected chi connectivity index (χ2v) is 6.88. The number of piperazine rings is 1. The van der Waals surface area contributed by atoms with Gasteiger partial charge in [-0.2, -0.15) is 0 Å². The van der Waals surface area contributed by atoms with Crippen molar-refractivity contribution in [2.45, 2.75) is 6.42 Å². The molecule has 132 valence electrons. The Bertz CT molecular complexity index is 566. The maximum absolute atomic E-state index is 12.2. The van der Waals surface area contributed by atoms with Gasteiger partial charge in [-0.3, -0.25) is 19.3 Å². The van der Waals surface area contributed by atoms with Gasteiger partial charge >= 0.3 is 0 Å². The van der Waals surface area contributed by atoms with Crippen molar-refractivity contribution in [2.75, 3.05) is 53.4 Å². The summed E-state index contributed by atoms with van der Waals surface area (Å²) in [5.41, 5.74) is 0. The summed E-state index contributed by atoms with van der Waals surface area (Å²) in [6.45, 7) is 3.39. The number of carbonyl (C=O) groups is 3. The van der Waals surface area contributed by atoms with Gasteiger partial charge in [0, 0.05) is 53.2 Å². The van der Waals surface area contributed by atoms with Gasteiger partial charge in [-0.25, -0.2) is 0 Å². The summed E-state index contributed by atoms with van der Waals surface area (Å²) in [5.74, 6) is -0.0176. The van der Waals surface area contributed by atoms with Gasteiger partial charge in [0.25, 0.3) is 5.91 Å². The van der Waals surface area contributed by atoms with Gasteiger partial charge in [-0.05, 0) is 11.4 Å². The van der Waals surface area contributed by atoms with Crippen molar-refractivity contribution in [1.82, 2.24) is 20.0 Å². The third kappa shape index (κ3) is 5.31. The lowest BCUT2D eigenvalue weighted by Gasteiger charge is -2.34. The van der Waals surface area contributed by atoms with E-state index in [4.69, 9.17) is 0 Å². The van der Waals surface area contributed by atoms with Gasteiger partial charge in [0.15, 0.2) is 0 Å². The van der Waals surface area contributed by atoms with Crippen molar-refractivity contribution >= 4 is 29.1 Å². The Balaban J connectivity index is 1.65. The first-order chi connectivity index (χ1) is 11.5. The average molecular weight is 352 g/mol. The van der Waals surface area contributed by atoms with E-state index in [9.17, 15) is 14.4 Å². The molecule has 0 bridgehead atoms. The molecule has 8 heteroatoms. The molecular weight excluding hydrogens is 328 g/mol. The minimum Gasteiger partial charge on any atom is -0.351 e. The van der Waals surface area contributed by atoms with Crippen LogP contribution in [0.1, 0.15) is 16.1 Å². The lowest BCUT2D eigenvalue weighted by molar-refractivity contribution is -0.134. The van der Waals surface area contributed by atoms with Crippen LogP contribution < -0.4 is 5.32 Å². The summed E-state index contributed by atoms with van der Waals surface area (Å²) in [7, 11) is 3.49. The highest BCUT2D eigenvalue weighted by molar-refractivity contribution is 7.12. The van der Waals surface area contributed by atoms with E-state index >= 15 is 0 Å². The van der Waals surface area contributed by atoms with Crippen molar-refractivity contribution in [1.29, 1.82) is 0 Å². The number of likely N-dealkylation sites (N-methyl/N-ethyl adjacent to an activating group) is 1. The molecule has 1 aromatic heterocycles. The van der Waals surface area contributed by atoms with Crippen LogP contribution in [0.2, 0.25) is 0 Å². The molecule has 2 rings (SSSR count). The fourth-order valence-electron chi connectivity index (χ4n) is 2.42. The first-order valence-corrected chi connectivity index (χ1v) is 8.87. The summed E-state index contributed by atoms with van der Waals surface area (Å²) >= 11 is 1.38. The molecular formula is C16H24N4O3S. The fourth-order valence-corrected chi connectivity index (χ4v) is 3.06. The topological polar surface area (TPSA) is 73.0 Å². The van der Waals surface area contributed by atoms with Crippen molar-refractivity contribution in [3.05, 3.63) is 22.4 Å². The van der Waals surface area contributed by atoms with Gasteiger partial charge < -0.3 is 15.1 Å². The van der Waals surface area contributed by atoms with E-state index in [1.165, 1.54) is 11.3 Å². The molecule has 1 fully saturated rings. The minimum absolute atomic E-state index is 0.0417. The van der Waals surface area contributed by atoms with Crippen molar-refractivity contribution in [3.8, 4) is 0 Å². The van der Waals surface area contributed by atoms with Crippen LogP contribution in [0.3, 0.4) is 0 Å². The molecule has 3 amide bonds. The van der Waals surface area contributed by atoms with E-state index < -0.39 is 0 Å². The van der Waals surface area contributed by atoms with Crippen LogP contribution in [0, 0.1) is 0 Å². The second kappa shape index (κ2) is 8.79. The van der Waals surface area contributed by atoms with Gasteiger partial charge in [0.05, 0.1) is 11.4 Å². The molecule has 24 heavy (non-hydrogen) atoms. The first-order valence-electron chi connectivity index (χ1n) is 7.99. The molecule has 0 radical (unpaired) electrons. The van der Waals surface area contributed by atoms with E-state index in [0.717, 1.165) is 0 Å². The quantitative estimate of drug-likeness (QED) is 0.788. The number of nitrogens with one attached hydrogen (secondary N) is 1. The second-order valence-electron chi connectivity index (χ2n) is 5.93. The van der Waals surface area contributed by atoms with E-state index in [1.807, 2.05) is 11.4 Å². The maximum Gasteiger partial charge on any atom is 0.261 e. The number of nitrogens with zero attached hydrogens (tertiary/aromatic N) is 3. The predicted molar refractivity (Wildman–Crippen MR) is 93.0 cm³/mol. The standard InChI is InChI=1S/C16H24N4O3S/c1-18(2)15(22)12-19-7-9-20(10-8-19)14(21)5-6-17-16(23)13-4-3-11-24-13/h3-4,11H,5-10,12H2,1-2H3,(H,17,23). The highest BCUT2D eigenvalue weighted by Crippen LogP contribution is 2.08.